The molecule has 26 heavy (non-hydrogen) atoms. The zero-order chi connectivity index (χ0) is 18.2. The third-order valence-corrected chi connectivity index (χ3v) is 5.27. The Hall–Kier alpha value is -2.03. The molecule has 0 radical (unpaired) electrons. The van der Waals surface area contributed by atoms with E-state index in [0.717, 1.165) is 44.3 Å². The maximum absolute atomic E-state index is 12.9. The quantitative estimate of drug-likeness (QED) is 0.761. The van der Waals surface area contributed by atoms with Crippen molar-refractivity contribution in [1.29, 1.82) is 0 Å². The molecule has 0 N–H and O–H groups in total. The molecule has 2 fully saturated rings. The molecule has 5 nitrogen and oxygen atoms in total. The summed E-state index contributed by atoms with van der Waals surface area (Å²) < 4.78 is 11.2. The SMILES string of the molecule is C#CCN1CCC(N(C(=O)OCc2ccccc2)C2CCOCC2)CC1. The van der Waals surface area contributed by atoms with Crippen molar-refractivity contribution >= 4 is 6.09 Å². The fraction of sp³-hybridized carbons (Fsp3) is 0.571. The number of amides is 1. The molecule has 2 heterocycles. The average Bonchev–Trinajstić information content (AvgIpc) is 2.70. The van der Waals surface area contributed by atoms with Gasteiger partial charge in [0.25, 0.3) is 0 Å². The van der Waals surface area contributed by atoms with Crippen LogP contribution in [-0.4, -0.2) is 60.8 Å². The van der Waals surface area contributed by atoms with E-state index in [-0.39, 0.29) is 18.2 Å². The van der Waals surface area contributed by atoms with Crippen molar-refractivity contribution in [3.05, 3.63) is 35.9 Å². The standard InChI is InChI=1S/C21H28N2O3/c1-2-12-22-13-8-19(9-14-22)23(20-10-15-25-16-11-20)21(24)26-17-18-6-4-3-5-7-18/h1,3-7,19-20H,8-17H2. The Morgan fingerprint density at radius 3 is 2.46 bits per heavy atom. The van der Waals surface area contributed by atoms with Crippen molar-refractivity contribution in [3.63, 3.8) is 0 Å². The van der Waals surface area contributed by atoms with E-state index in [1.165, 1.54) is 0 Å². The largest absolute Gasteiger partial charge is 0.445 e. The number of piperidine rings is 1. The maximum Gasteiger partial charge on any atom is 0.410 e. The predicted molar refractivity (Wildman–Crippen MR) is 101 cm³/mol. The summed E-state index contributed by atoms with van der Waals surface area (Å²) in [5.41, 5.74) is 1.01. The lowest BCUT2D eigenvalue weighted by molar-refractivity contribution is -0.00215. The highest BCUT2D eigenvalue weighted by Gasteiger charge is 2.34. The number of terminal acetylenes is 1. The average molecular weight is 356 g/mol. The van der Waals surface area contributed by atoms with Gasteiger partial charge in [0.15, 0.2) is 0 Å². The summed E-state index contributed by atoms with van der Waals surface area (Å²) in [5.74, 6) is 2.71. The molecule has 3 rings (SSSR count). The van der Waals surface area contributed by atoms with Crippen LogP contribution < -0.4 is 0 Å². The summed E-state index contributed by atoms with van der Waals surface area (Å²) in [6.07, 6.45) is 8.87. The van der Waals surface area contributed by atoms with Gasteiger partial charge in [0.1, 0.15) is 6.61 Å². The number of hydrogen-bond acceptors (Lipinski definition) is 4. The lowest BCUT2D eigenvalue weighted by Gasteiger charge is -2.42. The number of carbonyl (C=O) groups excluding carboxylic acids is 1. The monoisotopic (exact) mass is 356 g/mol. The Morgan fingerprint density at radius 1 is 1.15 bits per heavy atom. The van der Waals surface area contributed by atoms with Crippen LogP contribution in [0.4, 0.5) is 4.79 Å². The molecule has 140 valence electrons. The fourth-order valence-electron chi connectivity index (χ4n) is 3.84. The van der Waals surface area contributed by atoms with Gasteiger partial charge in [0.05, 0.1) is 6.54 Å². The lowest BCUT2D eigenvalue weighted by atomic mass is 9.98. The smallest absolute Gasteiger partial charge is 0.410 e. The van der Waals surface area contributed by atoms with Crippen molar-refractivity contribution in [2.75, 3.05) is 32.8 Å². The summed E-state index contributed by atoms with van der Waals surface area (Å²) in [6.45, 7) is 4.28. The van der Waals surface area contributed by atoms with Gasteiger partial charge in [-0.3, -0.25) is 4.90 Å². The molecule has 0 aliphatic carbocycles. The second kappa shape index (κ2) is 9.61. The highest BCUT2D eigenvalue weighted by Crippen LogP contribution is 2.25. The predicted octanol–water partition coefficient (Wildman–Crippen LogP) is 2.90. The highest BCUT2D eigenvalue weighted by atomic mass is 16.6. The van der Waals surface area contributed by atoms with Crippen LogP contribution in [0.25, 0.3) is 0 Å². The van der Waals surface area contributed by atoms with Crippen molar-refractivity contribution in [1.82, 2.24) is 9.80 Å². The zero-order valence-corrected chi connectivity index (χ0v) is 15.3. The number of nitrogens with zero attached hydrogens (tertiary/aromatic N) is 2. The Labute approximate surface area is 156 Å². The van der Waals surface area contributed by atoms with Gasteiger partial charge >= 0.3 is 6.09 Å². The molecule has 1 aromatic carbocycles. The van der Waals surface area contributed by atoms with E-state index in [1.807, 2.05) is 35.2 Å². The minimum Gasteiger partial charge on any atom is -0.445 e. The van der Waals surface area contributed by atoms with Crippen molar-refractivity contribution in [2.45, 2.75) is 44.4 Å². The molecule has 1 amide bonds. The van der Waals surface area contributed by atoms with Crippen LogP contribution in [0, 0.1) is 12.3 Å². The number of ether oxygens (including phenoxy) is 2. The maximum atomic E-state index is 12.9. The number of likely N-dealkylation sites (tertiary alicyclic amines) is 1. The molecule has 0 saturated carbocycles. The molecular weight excluding hydrogens is 328 g/mol. The first-order valence-corrected chi connectivity index (χ1v) is 9.50. The third kappa shape index (κ3) is 5.00. The summed E-state index contributed by atoms with van der Waals surface area (Å²) in [7, 11) is 0. The Balaban J connectivity index is 1.63. The summed E-state index contributed by atoms with van der Waals surface area (Å²) in [6, 6.07) is 10.3. The molecule has 0 aromatic heterocycles. The first-order valence-electron chi connectivity index (χ1n) is 9.50. The first kappa shape index (κ1) is 18.8. The van der Waals surface area contributed by atoms with E-state index < -0.39 is 0 Å². The van der Waals surface area contributed by atoms with Gasteiger partial charge in [-0.2, -0.15) is 0 Å². The molecule has 2 saturated heterocycles. The van der Waals surface area contributed by atoms with E-state index in [9.17, 15) is 4.79 Å². The van der Waals surface area contributed by atoms with Gasteiger partial charge in [0, 0.05) is 38.4 Å². The topological polar surface area (TPSA) is 42.0 Å². The van der Waals surface area contributed by atoms with Crippen molar-refractivity contribution < 1.29 is 14.3 Å². The van der Waals surface area contributed by atoms with E-state index in [0.29, 0.717) is 26.4 Å². The summed E-state index contributed by atoms with van der Waals surface area (Å²) >= 11 is 0. The second-order valence-corrected chi connectivity index (χ2v) is 7.00. The fourth-order valence-corrected chi connectivity index (χ4v) is 3.84. The summed E-state index contributed by atoms with van der Waals surface area (Å²) in [5, 5.41) is 0. The highest BCUT2D eigenvalue weighted by molar-refractivity contribution is 5.68. The van der Waals surface area contributed by atoms with Gasteiger partial charge in [-0.15, -0.1) is 6.42 Å². The van der Waals surface area contributed by atoms with E-state index in [2.05, 4.69) is 10.8 Å². The van der Waals surface area contributed by atoms with Crippen LogP contribution in [-0.2, 0) is 16.1 Å². The Bertz CT molecular complexity index is 599. The third-order valence-electron chi connectivity index (χ3n) is 5.27. The van der Waals surface area contributed by atoms with Gasteiger partial charge in [-0.05, 0) is 31.2 Å². The van der Waals surface area contributed by atoms with Crippen LogP contribution in [0.2, 0.25) is 0 Å². The normalized spacial score (nSPS) is 19.7. The minimum absolute atomic E-state index is 0.198. The molecular formula is C21H28N2O3. The Kier molecular flexibility index (Phi) is 6.93. The molecule has 0 bridgehead atoms. The van der Waals surface area contributed by atoms with Crippen molar-refractivity contribution in [2.24, 2.45) is 0 Å². The van der Waals surface area contributed by atoms with Gasteiger partial charge in [-0.25, -0.2) is 4.79 Å². The number of carbonyl (C=O) groups is 1. The van der Waals surface area contributed by atoms with Crippen LogP contribution in [0.3, 0.4) is 0 Å². The molecule has 0 spiro atoms. The van der Waals surface area contributed by atoms with Crippen LogP contribution in [0.5, 0.6) is 0 Å². The van der Waals surface area contributed by atoms with E-state index in [1.54, 1.807) is 0 Å². The first-order chi connectivity index (χ1) is 12.8. The molecule has 0 unspecified atom stereocenters. The number of hydrogen-bond donors (Lipinski definition) is 0. The number of benzene rings is 1. The second-order valence-electron chi connectivity index (χ2n) is 7.00. The van der Waals surface area contributed by atoms with Crippen LogP contribution in [0.15, 0.2) is 30.3 Å². The van der Waals surface area contributed by atoms with Crippen molar-refractivity contribution in [3.8, 4) is 12.3 Å². The molecule has 2 aliphatic rings. The van der Waals surface area contributed by atoms with Gasteiger partial charge in [-0.1, -0.05) is 36.3 Å². The van der Waals surface area contributed by atoms with E-state index in [4.69, 9.17) is 15.9 Å². The van der Waals surface area contributed by atoms with Gasteiger partial charge in [0.2, 0.25) is 0 Å². The van der Waals surface area contributed by atoms with E-state index >= 15 is 0 Å². The lowest BCUT2D eigenvalue weighted by Crippen LogP contribution is -2.53. The minimum atomic E-state index is -0.198. The van der Waals surface area contributed by atoms with Crippen LogP contribution >= 0.6 is 0 Å². The molecule has 1 aromatic rings. The molecule has 2 aliphatic heterocycles. The van der Waals surface area contributed by atoms with Crippen LogP contribution in [0.1, 0.15) is 31.2 Å². The van der Waals surface area contributed by atoms with Gasteiger partial charge < -0.3 is 14.4 Å². The Morgan fingerprint density at radius 2 is 1.81 bits per heavy atom. The summed E-state index contributed by atoms with van der Waals surface area (Å²) in [4.78, 5) is 17.2. The molecule has 5 heteroatoms. The zero-order valence-electron chi connectivity index (χ0n) is 15.3. The molecule has 0 atom stereocenters. The number of rotatable bonds is 5.